The number of benzene rings is 1. The molecule has 0 atom stereocenters. The van der Waals surface area contributed by atoms with Gasteiger partial charge < -0.3 is 4.74 Å². The number of Topliss-reactive ketones (excluding diaryl/α,β-unsaturated/α-hetero) is 1. The van der Waals surface area contributed by atoms with E-state index >= 15 is 0 Å². The van der Waals surface area contributed by atoms with E-state index < -0.39 is 5.41 Å². The number of halogens is 1. The molecule has 0 saturated carbocycles. The van der Waals surface area contributed by atoms with Crippen LogP contribution in [0.1, 0.15) is 19.7 Å². The molecule has 0 bridgehead atoms. The van der Waals surface area contributed by atoms with Crippen LogP contribution in [0.25, 0.3) is 0 Å². The Labute approximate surface area is 122 Å². The van der Waals surface area contributed by atoms with Crippen LogP contribution >= 0.6 is 11.6 Å². The van der Waals surface area contributed by atoms with Gasteiger partial charge in [0.25, 0.3) is 0 Å². The third-order valence-electron chi connectivity index (χ3n) is 3.01. The summed E-state index contributed by atoms with van der Waals surface area (Å²) < 4.78 is 5.47. The third kappa shape index (κ3) is 3.81. The van der Waals surface area contributed by atoms with Gasteiger partial charge in [-0.1, -0.05) is 25.4 Å². The summed E-state index contributed by atoms with van der Waals surface area (Å²) >= 11 is 5.79. The zero-order valence-corrected chi connectivity index (χ0v) is 12.1. The van der Waals surface area contributed by atoms with Crippen LogP contribution in [-0.4, -0.2) is 27.6 Å². The highest BCUT2D eigenvalue weighted by Gasteiger charge is 2.29. The Morgan fingerprint density at radius 3 is 2.65 bits per heavy atom. The maximum Gasteiger partial charge on any atom is 0.176 e. The molecule has 0 aliphatic carbocycles. The van der Waals surface area contributed by atoms with Gasteiger partial charge in [-0.3, -0.25) is 9.89 Å². The maximum atomic E-state index is 12.2. The van der Waals surface area contributed by atoms with Crippen LogP contribution < -0.4 is 4.74 Å². The Morgan fingerprint density at radius 1 is 1.35 bits per heavy atom. The van der Waals surface area contributed by atoms with E-state index in [0.717, 1.165) is 0 Å². The van der Waals surface area contributed by atoms with Gasteiger partial charge in [0.2, 0.25) is 0 Å². The normalized spacial score (nSPS) is 11.3. The molecule has 1 N–H and O–H groups in total. The molecule has 0 aliphatic rings. The molecule has 0 amide bonds. The van der Waals surface area contributed by atoms with Crippen molar-refractivity contribution in [2.24, 2.45) is 5.41 Å². The molecule has 0 fully saturated rings. The van der Waals surface area contributed by atoms with Gasteiger partial charge in [-0.05, 0) is 24.3 Å². The number of aromatic nitrogens is 3. The van der Waals surface area contributed by atoms with E-state index in [1.807, 2.05) is 13.8 Å². The van der Waals surface area contributed by atoms with Crippen LogP contribution in [0.5, 0.6) is 5.75 Å². The van der Waals surface area contributed by atoms with Gasteiger partial charge >= 0.3 is 0 Å². The minimum Gasteiger partial charge on any atom is -0.486 e. The minimum atomic E-state index is -0.564. The first-order valence-electron chi connectivity index (χ1n) is 6.23. The second kappa shape index (κ2) is 6.05. The van der Waals surface area contributed by atoms with E-state index in [-0.39, 0.29) is 12.4 Å². The monoisotopic (exact) mass is 293 g/mol. The lowest BCUT2D eigenvalue weighted by atomic mass is 9.84. The number of carbonyl (C=O) groups is 1. The SMILES string of the molecule is CC(C)(Cc1ncn[nH]1)C(=O)COc1ccc(Cl)cc1. The summed E-state index contributed by atoms with van der Waals surface area (Å²) in [6, 6.07) is 6.92. The van der Waals surface area contributed by atoms with Gasteiger partial charge in [-0.2, -0.15) is 5.10 Å². The van der Waals surface area contributed by atoms with Gasteiger partial charge in [0, 0.05) is 16.9 Å². The first-order valence-corrected chi connectivity index (χ1v) is 6.61. The molecule has 0 aliphatic heterocycles. The fourth-order valence-electron chi connectivity index (χ4n) is 1.71. The first-order chi connectivity index (χ1) is 9.47. The van der Waals surface area contributed by atoms with Crippen molar-refractivity contribution in [3.05, 3.63) is 41.4 Å². The third-order valence-corrected chi connectivity index (χ3v) is 3.26. The summed E-state index contributed by atoms with van der Waals surface area (Å²) in [6.45, 7) is 3.74. The van der Waals surface area contributed by atoms with Gasteiger partial charge in [0.05, 0.1) is 0 Å². The lowest BCUT2D eigenvalue weighted by Gasteiger charge is -2.21. The number of aromatic amines is 1. The Hall–Kier alpha value is -1.88. The number of hydrogen-bond acceptors (Lipinski definition) is 4. The van der Waals surface area contributed by atoms with Crippen LogP contribution in [0.15, 0.2) is 30.6 Å². The molecule has 1 aromatic heterocycles. The molecule has 6 heteroatoms. The predicted molar refractivity (Wildman–Crippen MR) is 75.8 cm³/mol. The minimum absolute atomic E-state index is 0.00356. The van der Waals surface area contributed by atoms with Crippen molar-refractivity contribution in [1.82, 2.24) is 15.2 Å². The van der Waals surface area contributed by atoms with Crippen LogP contribution in [-0.2, 0) is 11.2 Å². The van der Waals surface area contributed by atoms with E-state index in [2.05, 4.69) is 15.2 Å². The number of ketones is 1. The molecule has 0 spiro atoms. The van der Waals surface area contributed by atoms with Crippen LogP contribution in [0.3, 0.4) is 0 Å². The van der Waals surface area contributed by atoms with E-state index in [1.165, 1.54) is 6.33 Å². The highest BCUT2D eigenvalue weighted by molar-refractivity contribution is 6.30. The lowest BCUT2D eigenvalue weighted by molar-refractivity contribution is -0.129. The number of hydrogen-bond donors (Lipinski definition) is 1. The molecular weight excluding hydrogens is 278 g/mol. The van der Waals surface area contributed by atoms with Crippen molar-refractivity contribution >= 4 is 17.4 Å². The van der Waals surface area contributed by atoms with Crippen molar-refractivity contribution in [3.63, 3.8) is 0 Å². The van der Waals surface area contributed by atoms with Gasteiger partial charge in [0.1, 0.15) is 24.5 Å². The van der Waals surface area contributed by atoms with Crippen LogP contribution in [0.4, 0.5) is 0 Å². The van der Waals surface area contributed by atoms with E-state index in [0.29, 0.717) is 23.0 Å². The molecule has 106 valence electrons. The molecular formula is C14H16ClN3O2. The first kappa shape index (κ1) is 14.5. The Bertz CT molecular complexity index is 565. The zero-order valence-electron chi connectivity index (χ0n) is 11.4. The van der Waals surface area contributed by atoms with Crippen molar-refractivity contribution in [2.75, 3.05) is 6.61 Å². The molecule has 2 aromatic rings. The molecule has 20 heavy (non-hydrogen) atoms. The molecule has 0 saturated heterocycles. The Kier molecular flexibility index (Phi) is 4.39. The standard InChI is InChI=1S/C14H16ClN3O2/c1-14(2,7-13-16-9-17-18-13)12(19)8-20-11-5-3-10(15)4-6-11/h3-6,9H,7-8H2,1-2H3,(H,16,17,18). The fraction of sp³-hybridized carbons (Fsp3) is 0.357. The maximum absolute atomic E-state index is 12.2. The van der Waals surface area contributed by atoms with Crippen molar-refractivity contribution < 1.29 is 9.53 Å². The molecule has 0 unspecified atom stereocenters. The highest BCUT2D eigenvalue weighted by Crippen LogP contribution is 2.22. The Morgan fingerprint density at radius 2 is 2.05 bits per heavy atom. The summed E-state index contributed by atoms with van der Waals surface area (Å²) in [5, 5.41) is 7.17. The highest BCUT2D eigenvalue weighted by atomic mass is 35.5. The zero-order chi connectivity index (χ0) is 14.6. The number of carbonyl (C=O) groups excluding carboxylic acids is 1. The second-order valence-corrected chi connectivity index (χ2v) is 5.60. The van der Waals surface area contributed by atoms with Gasteiger partial charge in [0.15, 0.2) is 5.78 Å². The number of nitrogens with one attached hydrogen (secondary N) is 1. The number of nitrogens with zero attached hydrogens (tertiary/aromatic N) is 2. The van der Waals surface area contributed by atoms with Crippen LogP contribution in [0, 0.1) is 5.41 Å². The largest absolute Gasteiger partial charge is 0.486 e. The summed E-state index contributed by atoms with van der Waals surface area (Å²) in [7, 11) is 0. The number of H-pyrrole nitrogens is 1. The quantitative estimate of drug-likeness (QED) is 0.889. The lowest BCUT2D eigenvalue weighted by Crippen LogP contribution is -2.31. The average Bonchev–Trinajstić information content (AvgIpc) is 2.89. The number of ether oxygens (including phenoxy) is 1. The summed E-state index contributed by atoms with van der Waals surface area (Å²) in [6.07, 6.45) is 1.93. The van der Waals surface area contributed by atoms with E-state index in [9.17, 15) is 4.79 Å². The topological polar surface area (TPSA) is 67.9 Å². The molecule has 1 heterocycles. The molecule has 5 nitrogen and oxygen atoms in total. The summed E-state index contributed by atoms with van der Waals surface area (Å²) in [5.74, 6) is 1.32. The second-order valence-electron chi connectivity index (χ2n) is 5.16. The van der Waals surface area contributed by atoms with Gasteiger partial charge in [-0.25, -0.2) is 4.98 Å². The fourth-order valence-corrected chi connectivity index (χ4v) is 1.83. The van der Waals surface area contributed by atoms with Crippen molar-refractivity contribution in [1.29, 1.82) is 0 Å². The summed E-state index contributed by atoms with van der Waals surface area (Å²) in [4.78, 5) is 16.3. The average molecular weight is 294 g/mol. The summed E-state index contributed by atoms with van der Waals surface area (Å²) in [5.41, 5.74) is -0.564. The van der Waals surface area contributed by atoms with Crippen LogP contribution in [0.2, 0.25) is 5.02 Å². The Balaban J connectivity index is 1.91. The molecule has 2 rings (SSSR count). The van der Waals surface area contributed by atoms with Gasteiger partial charge in [-0.15, -0.1) is 0 Å². The molecule has 1 aromatic carbocycles. The van der Waals surface area contributed by atoms with Crippen molar-refractivity contribution in [3.8, 4) is 5.75 Å². The van der Waals surface area contributed by atoms with E-state index in [4.69, 9.17) is 16.3 Å². The van der Waals surface area contributed by atoms with E-state index in [1.54, 1.807) is 24.3 Å². The van der Waals surface area contributed by atoms with Crippen molar-refractivity contribution in [2.45, 2.75) is 20.3 Å². The number of rotatable bonds is 6. The predicted octanol–water partition coefficient (Wildman–Crippen LogP) is 2.67. The molecule has 0 radical (unpaired) electrons. The smallest absolute Gasteiger partial charge is 0.176 e.